The smallest absolute Gasteiger partial charge is 0.302 e. The summed E-state index contributed by atoms with van der Waals surface area (Å²) in [7, 11) is 0. The van der Waals surface area contributed by atoms with E-state index in [2.05, 4.69) is 27.7 Å². The molecule has 1 heterocycles. The number of rotatable bonds is 2. The van der Waals surface area contributed by atoms with E-state index in [1.165, 1.54) is 26.7 Å². The maximum Gasteiger partial charge on any atom is 0.302 e. The van der Waals surface area contributed by atoms with Gasteiger partial charge in [0, 0.05) is 30.1 Å². The van der Waals surface area contributed by atoms with Crippen LogP contribution in [-0.2, 0) is 23.8 Å². The molecule has 162 valence electrons. The van der Waals surface area contributed by atoms with Crippen molar-refractivity contribution in [3.63, 3.8) is 0 Å². The third-order valence-corrected chi connectivity index (χ3v) is 10.0. The SMILES string of the molecule is CC(=O)O[C@H]1C[C@@H]2[C@]3(CC[C@@H]4C(C)(C)CC[C@H](OC(C)=O)[C@]42C)C[C@@]1(C)[C@H]1O[C@H]13. The maximum absolute atomic E-state index is 12.0. The van der Waals surface area contributed by atoms with E-state index in [0.717, 1.165) is 25.7 Å². The van der Waals surface area contributed by atoms with Crippen LogP contribution in [-0.4, -0.2) is 36.4 Å². The third-order valence-electron chi connectivity index (χ3n) is 10.0. The second kappa shape index (κ2) is 5.77. The standard InChI is InChI=1S/C24H36O5/c1-13(25)27-17-8-9-21(3,4)15-7-10-24-12-22(5,19-20(24)29-19)18(28-14(2)26)11-16(24)23(15,17)6/h15-20H,7-12H2,1-6H3/t15-,16+,17+,18+,19+,20-,22-,23-,24+/m1/s1. The van der Waals surface area contributed by atoms with Crippen LogP contribution in [0.25, 0.3) is 0 Å². The Balaban J connectivity index is 1.60. The van der Waals surface area contributed by atoms with Crippen molar-refractivity contribution in [2.24, 2.45) is 33.5 Å². The quantitative estimate of drug-likeness (QED) is 0.508. The van der Waals surface area contributed by atoms with Gasteiger partial charge in [-0.15, -0.1) is 0 Å². The molecule has 0 amide bonds. The molecule has 2 bridgehead atoms. The largest absolute Gasteiger partial charge is 0.462 e. The summed E-state index contributed by atoms with van der Waals surface area (Å²) in [5.41, 5.74) is 0.142. The predicted molar refractivity (Wildman–Crippen MR) is 107 cm³/mol. The minimum Gasteiger partial charge on any atom is -0.462 e. The van der Waals surface area contributed by atoms with Gasteiger partial charge in [-0.3, -0.25) is 9.59 Å². The van der Waals surface area contributed by atoms with Gasteiger partial charge in [0.15, 0.2) is 0 Å². The molecule has 0 aromatic rings. The van der Waals surface area contributed by atoms with Crippen LogP contribution in [0.2, 0.25) is 0 Å². The fourth-order valence-electron chi connectivity index (χ4n) is 8.98. The summed E-state index contributed by atoms with van der Waals surface area (Å²) in [6.45, 7) is 12.5. The summed E-state index contributed by atoms with van der Waals surface area (Å²) in [5, 5.41) is 0. The molecule has 1 spiro atoms. The third kappa shape index (κ3) is 2.43. The van der Waals surface area contributed by atoms with Gasteiger partial charge in [-0.1, -0.05) is 27.7 Å². The molecule has 5 aliphatic rings. The predicted octanol–water partition coefficient (Wildman–Crippen LogP) is 4.27. The fourth-order valence-corrected chi connectivity index (χ4v) is 8.98. The first kappa shape index (κ1) is 19.8. The Morgan fingerprint density at radius 3 is 2.17 bits per heavy atom. The maximum atomic E-state index is 12.0. The molecule has 0 N–H and O–H groups in total. The van der Waals surface area contributed by atoms with Gasteiger partial charge in [0.25, 0.3) is 0 Å². The number of epoxide rings is 1. The van der Waals surface area contributed by atoms with Crippen LogP contribution in [0.5, 0.6) is 0 Å². The van der Waals surface area contributed by atoms with Gasteiger partial charge in [-0.25, -0.2) is 0 Å². The molecule has 9 atom stereocenters. The normalized spacial score (nSPS) is 53.9. The van der Waals surface area contributed by atoms with Gasteiger partial charge in [-0.2, -0.15) is 0 Å². The van der Waals surface area contributed by atoms with Crippen molar-refractivity contribution < 1.29 is 23.8 Å². The molecular formula is C24H36O5. The molecule has 0 aromatic carbocycles. The number of hydrogen-bond acceptors (Lipinski definition) is 5. The molecule has 5 nitrogen and oxygen atoms in total. The van der Waals surface area contributed by atoms with E-state index in [4.69, 9.17) is 14.2 Å². The second-order valence-electron chi connectivity index (χ2n) is 11.9. The van der Waals surface area contributed by atoms with Crippen LogP contribution in [0.1, 0.15) is 80.1 Å². The summed E-state index contributed by atoms with van der Waals surface area (Å²) in [5.74, 6) is 0.445. The zero-order valence-corrected chi connectivity index (χ0v) is 18.7. The second-order valence-corrected chi connectivity index (χ2v) is 11.9. The Morgan fingerprint density at radius 1 is 0.862 bits per heavy atom. The molecule has 0 aromatic heterocycles. The van der Waals surface area contributed by atoms with Gasteiger partial charge >= 0.3 is 11.9 Å². The van der Waals surface area contributed by atoms with Crippen molar-refractivity contribution in [3.8, 4) is 0 Å². The van der Waals surface area contributed by atoms with E-state index in [-0.39, 0.29) is 58.0 Å². The van der Waals surface area contributed by atoms with E-state index in [1.54, 1.807) is 0 Å². The van der Waals surface area contributed by atoms with Gasteiger partial charge in [0.1, 0.15) is 12.2 Å². The van der Waals surface area contributed by atoms with Gasteiger partial charge in [0.2, 0.25) is 0 Å². The Labute approximate surface area is 174 Å². The molecule has 4 saturated carbocycles. The zero-order valence-electron chi connectivity index (χ0n) is 18.7. The highest BCUT2D eigenvalue weighted by molar-refractivity contribution is 5.66. The van der Waals surface area contributed by atoms with Crippen molar-refractivity contribution in [3.05, 3.63) is 0 Å². The lowest BCUT2D eigenvalue weighted by atomic mass is 9.39. The lowest BCUT2D eigenvalue weighted by Crippen LogP contribution is -2.65. The minimum atomic E-state index is -0.203. The highest BCUT2D eigenvalue weighted by Gasteiger charge is 2.80. The first-order valence-electron chi connectivity index (χ1n) is 11.4. The molecule has 5 heteroatoms. The van der Waals surface area contributed by atoms with Crippen molar-refractivity contribution in [1.82, 2.24) is 0 Å². The Kier molecular flexibility index (Phi) is 3.95. The lowest BCUT2D eigenvalue weighted by molar-refractivity contribution is -0.241. The first-order chi connectivity index (χ1) is 13.4. The van der Waals surface area contributed by atoms with E-state index >= 15 is 0 Å². The summed E-state index contributed by atoms with van der Waals surface area (Å²) in [4.78, 5) is 24.0. The summed E-state index contributed by atoms with van der Waals surface area (Å²) in [6, 6.07) is 0. The summed E-state index contributed by atoms with van der Waals surface area (Å²) >= 11 is 0. The zero-order chi connectivity index (χ0) is 21.0. The highest BCUT2D eigenvalue weighted by Crippen LogP contribution is 2.78. The molecular weight excluding hydrogens is 368 g/mol. The lowest BCUT2D eigenvalue weighted by Gasteiger charge is -2.67. The molecule has 4 aliphatic carbocycles. The number of esters is 2. The van der Waals surface area contributed by atoms with Crippen LogP contribution < -0.4 is 0 Å². The van der Waals surface area contributed by atoms with E-state index < -0.39 is 0 Å². The summed E-state index contributed by atoms with van der Waals surface area (Å²) in [6.07, 6.45) is 6.57. The van der Waals surface area contributed by atoms with Crippen LogP contribution >= 0.6 is 0 Å². The van der Waals surface area contributed by atoms with Gasteiger partial charge < -0.3 is 14.2 Å². The van der Waals surface area contributed by atoms with E-state index in [1.807, 2.05) is 0 Å². The summed E-state index contributed by atoms with van der Waals surface area (Å²) < 4.78 is 18.2. The van der Waals surface area contributed by atoms with Crippen LogP contribution in [0.3, 0.4) is 0 Å². The topological polar surface area (TPSA) is 65.1 Å². The van der Waals surface area contributed by atoms with Crippen LogP contribution in [0.4, 0.5) is 0 Å². The van der Waals surface area contributed by atoms with Crippen molar-refractivity contribution in [1.29, 1.82) is 0 Å². The van der Waals surface area contributed by atoms with Crippen LogP contribution in [0.15, 0.2) is 0 Å². The number of carbonyl (C=O) groups is 2. The molecule has 5 rings (SSSR count). The molecule has 5 fully saturated rings. The van der Waals surface area contributed by atoms with Gasteiger partial charge in [0.05, 0.1) is 12.2 Å². The van der Waals surface area contributed by atoms with Crippen molar-refractivity contribution >= 4 is 11.9 Å². The van der Waals surface area contributed by atoms with Crippen LogP contribution in [0, 0.1) is 33.5 Å². The van der Waals surface area contributed by atoms with E-state index in [9.17, 15) is 9.59 Å². The van der Waals surface area contributed by atoms with Crippen molar-refractivity contribution in [2.45, 2.75) is 104 Å². The Hall–Kier alpha value is -1.10. The molecule has 1 saturated heterocycles. The Morgan fingerprint density at radius 2 is 1.52 bits per heavy atom. The number of ether oxygens (including phenoxy) is 3. The highest BCUT2D eigenvalue weighted by atomic mass is 16.6. The molecule has 29 heavy (non-hydrogen) atoms. The number of fused-ring (bicyclic) bond motifs is 5. The molecule has 0 unspecified atom stereocenters. The monoisotopic (exact) mass is 404 g/mol. The number of hydrogen-bond donors (Lipinski definition) is 0. The Bertz CT molecular complexity index is 760. The average molecular weight is 405 g/mol. The molecule has 1 aliphatic heterocycles. The van der Waals surface area contributed by atoms with E-state index in [0.29, 0.717) is 11.8 Å². The fraction of sp³-hybridized carbons (Fsp3) is 0.917. The van der Waals surface area contributed by atoms with Crippen molar-refractivity contribution in [2.75, 3.05) is 0 Å². The molecule has 0 radical (unpaired) electrons. The average Bonchev–Trinajstić information content (AvgIpc) is 3.37. The minimum absolute atomic E-state index is 0.0691. The van der Waals surface area contributed by atoms with Gasteiger partial charge in [-0.05, 0) is 55.8 Å². The number of carbonyl (C=O) groups excluding carboxylic acids is 2. The first-order valence-corrected chi connectivity index (χ1v) is 11.4.